The van der Waals surface area contributed by atoms with E-state index in [-0.39, 0.29) is 0 Å². The zero-order chi connectivity index (χ0) is 11.4. The maximum atomic E-state index is 3.54. The van der Waals surface area contributed by atoms with E-state index >= 15 is 0 Å². The van der Waals surface area contributed by atoms with Crippen LogP contribution in [0.15, 0.2) is 28.7 Å². The third-order valence-electron chi connectivity index (χ3n) is 3.50. The van der Waals surface area contributed by atoms with Gasteiger partial charge in [0.25, 0.3) is 0 Å². The van der Waals surface area contributed by atoms with Crippen LogP contribution in [-0.4, -0.2) is 13.1 Å². The molecule has 2 heteroatoms. The van der Waals surface area contributed by atoms with E-state index < -0.39 is 0 Å². The maximum absolute atomic E-state index is 3.54. The highest BCUT2D eigenvalue weighted by Gasteiger charge is 2.17. The lowest BCUT2D eigenvalue weighted by molar-refractivity contribution is 0.340. The minimum Gasteiger partial charge on any atom is -0.316 e. The number of hydrogen-bond donors (Lipinski definition) is 1. The first kappa shape index (κ1) is 12.1. The van der Waals surface area contributed by atoms with E-state index in [1.54, 1.807) is 0 Å². The molecular weight excluding hydrogens is 262 g/mol. The van der Waals surface area contributed by atoms with Crippen molar-refractivity contribution in [2.24, 2.45) is 5.92 Å². The molecule has 0 aliphatic carbocycles. The van der Waals surface area contributed by atoms with Crippen molar-refractivity contribution in [2.45, 2.75) is 32.1 Å². The third kappa shape index (κ3) is 3.33. The molecule has 1 saturated heterocycles. The highest BCUT2D eigenvalue weighted by Crippen LogP contribution is 2.28. The smallest absolute Gasteiger partial charge is 0.0178 e. The molecule has 2 rings (SSSR count). The monoisotopic (exact) mass is 281 g/mol. The standard InChI is InChI=1S/C14H20BrN/c1-11(8-12-4-3-7-16-10-12)13-5-2-6-14(15)9-13/h2,5-6,9,11-12,16H,3-4,7-8,10H2,1H3. The number of rotatable bonds is 3. The molecule has 0 bridgehead atoms. The molecule has 1 fully saturated rings. The Morgan fingerprint density at radius 2 is 2.38 bits per heavy atom. The van der Waals surface area contributed by atoms with Gasteiger partial charge < -0.3 is 5.32 Å². The minimum absolute atomic E-state index is 0.669. The van der Waals surface area contributed by atoms with Crippen LogP contribution in [0.1, 0.15) is 37.7 Å². The summed E-state index contributed by atoms with van der Waals surface area (Å²) in [6.07, 6.45) is 4.05. The van der Waals surface area contributed by atoms with Crippen molar-refractivity contribution in [1.82, 2.24) is 5.32 Å². The summed E-state index contributed by atoms with van der Waals surface area (Å²) in [5.41, 5.74) is 1.46. The number of hydrogen-bond acceptors (Lipinski definition) is 1. The Kier molecular flexibility index (Phi) is 4.42. The maximum Gasteiger partial charge on any atom is 0.0178 e. The zero-order valence-electron chi connectivity index (χ0n) is 9.88. The van der Waals surface area contributed by atoms with Gasteiger partial charge in [-0.15, -0.1) is 0 Å². The van der Waals surface area contributed by atoms with Gasteiger partial charge in [0, 0.05) is 4.47 Å². The van der Waals surface area contributed by atoms with Gasteiger partial charge in [0.15, 0.2) is 0 Å². The van der Waals surface area contributed by atoms with Crippen LogP contribution in [0.3, 0.4) is 0 Å². The number of piperidine rings is 1. The molecule has 1 aromatic rings. The van der Waals surface area contributed by atoms with Crippen molar-refractivity contribution in [3.05, 3.63) is 34.3 Å². The van der Waals surface area contributed by atoms with Crippen LogP contribution in [0.2, 0.25) is 0 Å². The average molecular weight is 282 g/mol. The fourth-order valence-electron chi connectivity index (χ4n) is 2.57. The Balaban J connectivity index is 1.94. The highest BCUT2D eigenvalue weighted by molar-refractivity contribution is 9.10. The summed E-state index contributed by atoms with van der Waals surface area (Å²) in [7, 11) is 0. The lowest BCUT2D eigenvalue weighted by atomic mass is 9.86. The van der Waals surface area contributed by atoms with Crippen LogP contribution in [-0.2, 0) is 0 Å². The van der Waals surface area contributed by atoms with Gasteiger partial charge in [-0.3, -0.25) is 0 Å². The van der Waals surface area contributed by atoms with Crippen LogP contribution in [0.5, 0.6) is 0 Å². The van der Waals surface area contributed by atoms with E-state index in [0.29, 0.717) is 5.92 Å². The van der Waals surface area contributed by atoms with Crippen LogP contribution in [0, 0.1) is 5.92 Å². The molecule has 1 nitrogen and oxygen atoms in total. The molecule has 88 valence electrons. The predicted molar refractivity (Wildman–Crippen MR) is 72.8 cm³/mol. The summed E-state index contributed by atoms with van der Waals surface area (Å²) in [6.45, 7) is 4.76. The molecule has 1 N–H and O–H groups in total. The molecule has 0 amide bonds. The predicted octanol–water partition coefficient (Wildman–Crippen LogP) is 3.94. The second-order valence-corrected chi connectivity index (χ2v) is 5.82. The summed E-state index contributed by atoms with van der Waals surface area (Å²) in [5.74, 6) is 1.53. The molecule has 0 radical (unpaired) electrons. The van der Waals surface area contributed by atoms with Crippen molar-refractivity contribution in [2.75, 3.05) is 13.1 Å². The molecule has 0 spiro atoms. The zero-order valence-corrected chi connectivity index (χ0v) is 11.5. The fraction of sp³-hybridized carbons (Fsp3) is 0.571. The quantitative estimate of drug-likeness (QED) is 0.885. The number of benzene rings is 1. The molecule has 1 aliphatic rings. The molecule has 1 heterocycles. The van der Waals surface area contributed by atoms with Gasteiger partial charge in [-0.2, -0.15) is 0 Å². The van der Waals surface area contributed by atoms with Gasteiger partial charge >= 0.3 is 0 Å². The highest BCUT2D eigenvalue weighted by atomic mass is 79.9. The summed E-state index contributed by atoms with van der Waals surface area (Å²) in [4.78, 5) is 0. The lowest BCUT2D eigenvalue weighted by Crippen LogP contribution is -2.30. The summed E-state index contributed by atoms with van der Waals surface area (Å²) >= 11 is 3.54. The topological polar surface area (TPSA) is 12.0 Å². The Hall–Kier alpha value is -0.340. The molecule has 16 heavy (non-hydrogen) atoms. The van der Waals surface area contributed by atoms with Gasteiger partial charge in [-0.1, -0.05) is 35.0 Å². The Morgan fingerprint density at radius 3 is 3.06 bits per heavy atom. The fourth-order valence-corrected chi connectivity index (χ4v) is 2.99. The van der Waals surface area contributed by atoms with E-state index in [9.17, 15) is 0 Å². The summed E-state index contributed by atoms with van der Waals surface area (Å²) < 4.78 is 1.19. The van der Waals surface area contributed by atoms with E-state index in [1.807, 2.05) is 0 Å². The molecule has 1 aromatic carbocycles. The van der Waals surface area contributed by atoms with Gasteiger partial charge in [-0.25, -0.2) is 0 Å². The summed E-state index contributed by atoms with van der Waals surface area (Å²) in [5, 5.41) is 3.49. The van der Waals surface area contributed by atoms with Crippen LogP contribution in [0.4, 0.5) is 0 Å². The number of halogens is 1. The SMILES string of the molecule is CC(CC1CCCNC1)c1cccc(Br)c1. The van der Waals surface area contributed by atoms with E-state index in [1.165, 1.54) is 42.4 Å². The van der Waals surface area contributed by atoms with Crippen molar-refractivity contribution >= 4 is 15.9 Å². The largest absolute Gasteiger partial charge is 0.316 e. The third-order valence-corrected chi connectivity index (χ3v) is 4.00. The van der Waals surface area contributed by atoms with E-state index in [0.717, 1.165) is 5.92 Å². The van der Waals surface area contributed by atoms with Crippen molar-refractivity contribution in [1.29, 1.82) is 0 Å². The first-order valence-corrected chi connectivity index (χ1v) is 7.01. The molecular formula is C14H20BrN. The van der Waals surface area contributed by atoms with Crippen LogP contribution in [0.25, 0.3) is 0 Å². The lowest BCUT2D eigenvalue weighted by Gasteiger charge is -2.25. The van der Waals surface area contributed by atoms with Crippen LogP contribution >= 0.6 is 15.9 Å². The van der Waals surface area contributed by atoms with Gasteiger partial charge in [0.2, 0.25) is 0 Å². The molecule has 1 aliphatic heterocycles. The average Bonchev–Trinajstić information content (AvgIpc) is 2.30. The van der Waals surface area contributed by atoms with Gasteiger partial charge in [-0.05, 0) is 61.9 Å². The van der Waals surface area contributed by atoms with E-state index in [2.05, 4.69) is 52.4 Å². The summed E-state index contributed by atoms with van der Waals surface area (Å²) in [6, 6.07) is 8.72. The van der Waals surface area contributed by atoms with Crippen molar-refractivity contribution in [3.63, 3.8) is 0 Å². The normalized spacial score (nSPS) is 23.0. The second-order valence-electron chi connectivity index (χ2n) is 4.90. The molecule has 2 unspecified atom stereocenters. The van der Waals surface area contributed by atoms with Gasteiger partial charge in [0.1, 0.15) is 0 Å². The first-order valence-electron chi connectivity index (χ1n) is 6.22. The Morgan fingerprint density at radius 1 is 1.50 bits per heavy atom. The van der Waals surface area contributed by atoms with Gasteiger partial charge in [0.05, 0.1) is 0 Å². The Labute approximate surface area is 107 Å². The minimum atomic E-state index is 0.669. The van der Waals surface area contributed by atoms with Crippen LogP contribution < -0.4 is 5.32 Å². The first-order chi connectivity index (χ1) is 7.75. The second kappa shape index (κ2) is 5.83. The molecule has 2 atom stereocenters. The van der Waals surface area contributed by atoms with Crippen molar-refractivity contribution < 1.29 is 0 Å². The number of nitrogens with one attached hydrogen (secondary N) is 1. The van der Waals surface area contributed by atoms with Crippen molar-refractivity contribution in [3.8, 4) is 0 Å². The van der Waals surface area contributed by atoms with E-state index in [4.69, 9.17) is 0 Å². The molecule has 0 aromatic heterocycles. The molecule has 0 saturated carbocycles. The Bertz CT molecular complexity index is 331.